The summed E-state index contributed by atoms with van der Waals surface area (Å²) in [4.78, 5) is -0.474. The van der Waals surface area contributed by atoms with Crippen LogP contribution in [0.2, 0.25) is 0 Å². The van der Waals surface area contributed by atoms with Gasteiger partial charge >= 0.3 is 0 Å². The summed E-state index contributed by atoms with van der Waals surface area (Å²) < 4.78 is 41.6. The predicted molar refractivity (Wildman–Crippen MR) is 86.7 cm³/mol. The average molecular weight is 438 g/mol. The van der Waals surface area contributed by atoms with Crippen LogP contribution in [-0.4, -0.2) is 8.42 Å². The van der Waals surface area contributed by atoms with Gasteiger partial charge in [0.1, 0.15) is 10.7 Å². The first-order chi connectivity index (χ1) is 9.79. The largest absolute Gasteiger partial charge is 0.398 e. The van der Waals surface area contributed by atoms with E-state index >= 15 is 0 Å². The average Bonchev–Trinajstić information content (AvgIpc) is 2.41. The number of halogens is 3. The summed E-state index contributed by atoms with van der Waals surface area (Å²) >= 11 is 6.34. The number of sulfonamides is 1. The Morgan fingerprint density at radius 3 is 2.57 bits per heavy atom. The van der Waals surface area contributed by atoms with E-state index in [1.807, 2.05) is 6.07 Å². The Bertz CT molecular complexity index is 782. The van der Waals surface area contributed by atoms with E-state index in [0.29, 0.717) is 4.47 Å². The smallest absolute Gasteiger partial charge is 0.243 e. The Morgan fingerprint density at radius 1 is 1.19 bits per heavy atom. The monoisotopic (exact) mass is 436 g/mol. The fourth-order valence-corrected chi connectivity index (χ4v) is 3.53. The van der Waals surface area contributed by atoms with Gasteiger partial charge in [0.25, 0.3) is 0 Å². The standard InChI is InChI=1S/C13H11Br2FN2O2S/c14-9-3-1-2-8(4-9)7-18-21(19,20)13-6-12(17)10(15)5-11(13)16/h1-6,18H,7,17H2. The topological polar surface area (TPSA) is 72.2 Å². The van der Waals surface area contributed by atoms with Crippen LogP contribution in [0.15, 0.2) is 50.2 Å². The number of benzene rings is 2. The highest BCUT2D eigenvalue weighted by atomic mass is 79.9. The molecule has 0 aliphatic carbocycles. The molecule has 8 heteroatoms. The molecule has 0 saturated heterocycles. The van der Waals surface area contributed by atoms with E-state index in [9.17, 15) is 12.8 Å². The van der Waals surface area contributed by atoms with Crippen molar-refractivity contribution in [3.05, 3.63) is 56.7 Å². The number of nitrogen functional groups attached to an aromatic ring is 1. The third-order valence-electron chi connectivity index (χ3n) is 2.70. The normalized spacial score (nSPS) is 11.6. The fourth-order valence-electron chi connectivity index (χ4n) is 1.65. The SMILES string of the molecule is Nc1cc(S(=O)(=O)NCc2cccc(Br)c2)c(F)cc1Br. The highest BCUT2D eigenvalue weighted by Gasteiger charge is 2.20. The Hall–Kier alpha value is -0.960. The van der Waals surface area contributed by atoms with Gasteiger partial charge in [-0.05, 0) is 45.8 Å². The summed E-state index contributed by atoms with van der Waals surface area (Å²) in [5.74, 6) is -0.863. The molecule has 0 saturated carbocycles. The van der Waals surface area contributed by atoms with Crippen molar-refractivity contribution in [3.63, 3.8) is 0 Å². The third kappa shape index (κ3) is 4.03. The lowest BCUT2D eigenvalue weighted by molar-refractivity contribution is 0.556. The van der Waals surface area contributed by atoms with Gasteiger partial charge in [0, 0.05) is 21.2 Å². The molecule has 21 heavy (non-hydrogen) atoms. The molecule has 2 aromatic carbocycles. The van der Waals surface area contributed by atoms with Crippen LogP contribution in [-0.2, 0) is 16.6 Å². The number of anilines is 1. The van der Waals surface area contributed by atoms with Crippen molar-refractivity contribution in [1.82, 2.24) is 4.72 Å². The maximum absolute atomic E-state index is 13.8. The number of nitrogens with two attached hydrogens (primary N) is 1. The van der Waals surface area contributed by atoms with Crippen LogP contribution in [0.1, 0.15) is 5.56 Å². The van der Waals surface area contributed by atoms with Crippen molar-refractivity contribution in [2.45, 2.75) is 11.4 Å². The van der Waals surface area contributed by atoms with Crippen molar-refractivity contribution >= 4 is 47.6 Å². The minimum Gasteiger partial charge on any atom is -0.398 e. The summed E-state index contributed by atoms with van der Waals surface area (Å²) in [5, 5.41) is 0. The van der Waals surface area contributed by atoms with Crippen molar-refractivity contribution in [2.24, 2.45) is 0 Å². The van der Waals surface area contributed by atoms with Gasteiger partial charge in [-0.25, -0.2) is 17.5 Å². The Morgan fingerprint density at radius 2 is 1.90 bits per heavy atom. The lowest BCUT2D eigenvalue weighted by Crippen LogP contribution is -2.24. The molecule has 0 amide bonds. The molecule has 0 radical (unpaired) electrons. The number of hydrogen-bond acceptors (Lipinski definition) is 3. The molecule has 3 N–H and O–H groups in total. The van der Waals surface area contributed by atoms with E-state index in [1.165, 1.54) is 0 Å². The van der Waals surface area contributed by atoms with Crippen LogP contribution in [0.25, 0.3) is 0 Å². The van der Waals surface area contributed by atoms with Crippen molar-refractivity contribution in [3.8, 4) is 0 Å². The first-order valence-corrected chi connectivity index (χ1v) is 8.85. The quantitative estimate of drug-likeness (QED) is 0.720. The van der Waals surface area contributed by atoms with E-state index in [4.69, 9.17) is 5.73 Å². The molecule has 4 nitrogen and oxygen atoms in total. The van der Waals surface area contributed by atoms with Gasteiger partial charge in [0.2, 0.25) is 10.0 Å². The number of nitrogens with one attached hydrogen (secondary N) is 1. The van der Waals surface area contributed by atoms with Crippen molar-refractivity contribution < 1.29 is 12.8 Å². The predicted octanol–water partition coefficient (Wildman–Crippen LogP) is 3.41. The van der Waals surface area contributed by atoms with E-state index in [2.05, 4.69) is 36.6 Å². The highest BCUT2D eigenvalue weighted by Crippen LogP contribution is 2.26. The molecule has 112 valence electrons. The van der Waals surface area contributed by atoms with Crippen LogP contribution < -0.4 is 10.5 Å². The second-order valence-corrected chi connectivity index (χ2v) is 7.76. The number of rotatable bonds is 4. The van der Waals surface area contributed by atoms with Crippen LogP contribution in [0.3, 0.4) is 0 Å². The zero-order chi connectivity index (χ0) is 15.6. The maximum atomic E-state index is 13.8. The summed E-state index contributed by atoms with van der Waals surface area (Å²) in [6.07, 6.45) is 0. The lowest BCUT2D eigenvalue weighted by Gasteiger charge is -2.09. The molecular weight excluding hydrogens is 427 g/mol. The first-order valence-electron chi connectivity index (χ1n) is 5.78. The molecule has 0 fully saturated rings. The van der Waals surface area contributed by atoms with Gasteiger partial charge in [0.15, 0.2) is 0 Å². The first kappa shape index (κ1) is 16.4. The molecule has 0 aliphatic rings. The van der Waals surface area contributed by atoms with Crippen LogP contribution in [0.5, 0.6) is 0 Å². The van der Waals surface area contributed by atoms with E-state index in [1.54, 1.807) is 18.2 Å². The van der Waals surface area contributed by atoms with Gasteiger partial charge in [-0.15, -0.1) is 0 Å². The third-order valence-corrected chi connectivity index (χ3v) is 5.29. The summed E-state index contributed by atoms with van der Waals surface area (Å²) in [7, 11) is -3.98. The molecule has 0 aliphatic heterocycles. The second-order valence-electron chi connectivity index (χ2n) is 4.26. The molecule has 2 rings (SSSR count). The Labute approximate surface area is 138 Å². The van der Waals surface area contributed by atoms with E-state index < -0.39 is 20.7 Å². The van der Waals surface area contributed by atoms with Gasteiger partial charge in [-0.3, -0.25) is 0 Å². The van der Waals surface area contributed by atoms with Crippen LogP contribution in [0.4, 0.5) is 10.1 Å². The fraction of sp³-hybridized carbons (Fsp3) is 0.0769. The highest BCUT2D eigenvalue weighted by molar-refractivity contribution is 9.10. The van der Waals surface area contributed by atoms with Crippen LogP contribution in [0, 0.1) is 5.82 Å². The molecule has 0 bridgehead atoms. The second kappa shape index (κ2) is 6.43. The molecular formula is C13H11Br2FN2O2S. The summed E-state index contributed by atoms with van der Waals surface area (Å²) in [6, 6.07) is 9.26. The molecule has 0 unspecified atom stereocenters. The van der Waals surface area contributed by atoms with Gasteiger partial charge in [0.05, 0.1) is 0 Å². The zero-order valence-electron chi connectivity index (χ0n) is 10.6. The number of hydrogen-bond donors (Lipinski definition) is 2. The van der Waals surface area contributed by atoms with Crippen LogP contribution >= 0.6 is 31.9 Å². The molecule has 0 atom stereocenters. The Balaban J connectivity index is 2.25. The van der Waals surface area contributed by atoms with Gasteiger partial charge in [-0.1, -0.05) is 28.1 Å². The Kier molecular flexibility index (Phi) is 5.03. The zero-order valence-corrected chi connectivity index (χ0v) is 14.6. The van der Waals surface area contributed by atoms with Gasteiger partial charge in [-0.2, -0.15) is 0 Å². The molecule has 0 spiro atoms. The molecule has 0 aromatic heterocycles. The van der Waals surface area contributed by atoms with E-state index in [-0.39, 0.29) is 12.2 Å². The van der Waals surface area contributed by atoms with Gasteiger partial charge < -0.3 is 5.73 Å². The van der Waals surface area contributed by atoms with E-state index in [0.717, 1.165) is 22.2 Å². The minimum absolute atomic E-state index is 0.0528. The van der Waals surface area contributed by atoms with Crippen molar-refractivity contribution in [2.75, 3.05) is 5.73 Å². The lowest BCUT2D eigenvalue weighted by atomic mass is 10.2. The minimum atomic E-state index is -3.98. The summed E-state index contributed by atoms with van der Waals surface area (Å²) in [5.41, 5.74) is 6.50. The summed E-state index contributed by atoms with van der Waals surface area (Å²) in [6.45, 7) is 0.0528. The van der Waals surface area contributed by atoms with Crippen molar-refractivity contribution in [1.29, 1.82) is 0 Å². The molecule has 2 aromatic rings. The maximum Gasteiger partial charge on any atom is 0.243 e. The molecule has 0 heterocycles.